The number of carbonyl (C=O) groups excluding carboxylic acids is 1. The maximum absolute atomic E-state index is 12.9. The summed E-state index contributed by atoms with van der Waals surface area (Å²) in [4.78, 5) is 10.2. The topological polar surface area (TPSA) is 17.1 Å². The normalized spacial score (nSPS) is 41.2. The largest absolute Gasteiger partial charge is 0.303 e. The van der Waals surface area contributed by atoms with Crippen LogP contribution in [0.25, 0.3) is 0 Å². The number of aldehydes is 1. The van der Waals surface area contributed by atoms with Gasteiger partial charge in [-0.1, -0.05) is 6.92 Å². The predicted octanol–water partition coefficient (Wildman–Crippen LogP) is 1.96. The van der Waals surface area contributed by atoms with Gasteiger partial charge in [0.25, 0.3) is 0 Å². The van der Waals surface area contributed by atoms with Crippen molar-refractivity contribution in [3.63, 3.8) is 0 Å². The van der Waals surface area contributed by atoms with E-state index in [9.17, 15) is 9.18 Å². The fraction of sp³-hybridized carbons (Fsp3) is 0.875. The Hall–Kier alpha value is -0.400. The Balaban J connectivity index is 2.43. The van der Waals surface area contributed by atoms with E-state index in [2.05, 4.69) is 0 Å². The number of rotatable bonds is 1. The molecule has 1 saturated carbocycles. The van der Waals surface area contributed by atoms with Crippen LogP contribution in [0, 0.1) is 11.8 Å². The third-order valence-electron chi connectivity index (χ3n) is 2.26. The third-order valence-corrected chi connectivity index (χ3v) is 2.26. The molecule has 1 nitrogen and oxygen atoms in total. The van der Waals surface area contributed by atoms with Gasteiger partial charge >= 0.3 is 0 Å². The van der Waals surface area contributed by atoms with Gasteiger partial charge in [-0.05, 0) is 25.2 Å². The van der Waals surface area contributed by atoms with Crippen LogP contribution >= 0.6 is 0 Å². The lowest BCUT2D eigenvalue weighted by atomic mass is 9.82. The number of halogens is 1. The molecule has 58 valence electrons. The van der Waals surface area contributed by atoms with Crippen molar-refractivity contribution >= 4 is 6.29 Å². The van der Waals surface area contributed by atoms with Gasteiger partial charge in [-0.2, -0.15) is 0 Å². The number of hydrogen-bond donors (Lipinski definition) is 0. The van der Waals surface area contributed by atoms with Gasteiger partial charge in [-0.15, -0.1) is 0 Å². The zero-order valence-electron chi connectivity index (χ0n) is 6.22. The van der Waals surface area contributed by atoms with Crippen LogP contribution in [-0.4, -0.2) is 12.5 Å². The summed E-state index contributed by atoms with van der Waals surface area (Å²) in [7, 11) is 0. The van der Waals surface area contributed by atoms with E-state index in [0.29, 0.717) is 12.3 Å². The molecule has 0 saturated heterocycles. The Kier molecular flexibility index (Phi) is 2.41. The van der Waals surface area contributed by atoms with E-state index in [1.54, 1.807) is 0 Å². The van der Waals surface area contributed by atoms with Gasteiger partial charge in [-0.3, -0.25) is 0 Å². The summed E-state index contributed by atoms with van der Waals surface area (Å²) >= 11 is 0. The Labute approximate surface area is 60.6 Å². The van der Waals surface area contributed by atoms with Crippen LogP contribution in [0.5, 0.6) is 0 Å². The van der Waals surface area contributed by atoms with Gasteiger partial charge in [0.15, 0.2) is 0 Å². The molecule has 0 aromatic rings. The molecule has 0 aliphatic heterocycles. The average molecular weight is 144 g/mol. The second-order valence-corrected chi connectivity index (χ2v) is 3.23. The molecule has 10 heavy (non-hydrogen) atoms. The summed E-state index contributed by atoms with van der Waals surface area (Å²) in [6.45, 7) is 2.04. The van der Waals surface area contributed by atoms with Crippen molar-refractivity contribution in [2.24, 2.45) is 11.8 Å². The molecule has 0 heterocycles. The Bertz CT molecular complexity index is 124. The predicted molar refractivity (Wildman–Crippen MR) is 37.5 cm³/mol. The molecule has 1 rings (SSSR count). The number of hydrogen-bond acceptors (Lipinski definition) is 1. The minimum Gasteiger partial charge on any atom is -0.303 e. The molecule has 1 aliphatic carbocycles. The van der Waals surface area contributed by atoms with E-state index in [-0.39, 0.29) is 5.92 Å². The molecule has 0 spiro atoms. The van der Waals surface area contributed by atoms with Crippen LogP contribution in [0.4, 0.5) is 4.39 Å². The van der Waals surface area contributed by atoms with Gasteiger partial charge in [0.1, 0.15) is 12.5 Å². The van der Waals surface area contributed by atoms with Crippen LogP contribution in [0.3, 0.4) is 0 Å². The molecule has 1 aliphatic rings. The highest BCUT2D eigenvalue weighted by Gasteiger charge is 2.27. The standard InChI is InChI=1S/C8H13FO/c1-6-2-3-7(5-10)8(9)4-6/h5-8H,2-4H2,1H3. The molecule has 3 unspecified atom stereocenters. The fourth-order valence-electron chi connectivity index (χ4n) is 1.49. The van der Waals surface area contributed by atoms with Crippen LogP contribution in [0.1, 0.15) is 26.2 Å². The molecule has 0 radical (unpaired) electrons. The summed E-state index contributed by atoms with van der Waals surface area (Å²) in [5, 5.41) is 0. The number of alkyl halides is 1. The van der Waals surface area contributed by atoms with Gasteiger partial charge in [0.2, 0.25) is 0 Å². The van der Waals surface area contributed by atoms with Crippen molar-refractivity contribution < 1.29 is 9.18 Å². The van der Waals surface area contributed by atoms with Crippen molar-refractivity contribution in [1.82, 2.24) is 0 Å². The molecule has 0 N–H and O–H groups in total. The first kappa shape index (κ1) is 7.70. The first-order valence-corrected chi connectivity index (χ1v) is 3.83. The fourth-order valence-corrected chi connectivity index (χ4v) is 1.49. The molecule has 3 atom stereocenters. The molecule has 0 amide bonds. The van der Waals surface area contributed by atoms with Gasteiger partial charge in [-0.25, -0.2) is 4.39 Å². The molecular weight excluding hydrogens is 131 g/mol. The van der Waals surface area contributed by atoms with Gasteiger partial charge < -0.3 is 4.79 Å². The third kappa shape index (κ3) is 1.55. The summed E-state index contributed by atoms with van der Waals surface area (Å²) in [6.07, 6.45) is 2.21. The monoisotopic (exact) mass is 144 g/mol. The lowest BCUT2D eigenvalue weighted by Crippen LogP contribution is -2.25. The zero-order valence-corrected chi connectivity index (χ0v) is 6.22. The van der Waals surface area contributed by atoms with Crippen molar-refractivity contribution in [3.05, 3.63) is 0 Å². The van der Waals surface area contributed by atoms with Crippen LogP contribution in [-0.2, 0) is 4.79 Å². The van der Waals surface area contributed by atoms with E-state index in [1.807, 2.05) is 6.92 Å². The molecule has 1 fully saturated rings. The van der Waals surface area contributed by atoms with Gasteiger partial charge in [0, 0.05) is 5.92 Å². The lowest BCUT2D eigenvalue weighted by molar-refractivity contribution is -0.114. The van der Waals surface area contributed by atoms with E-state index in [0.717, 1.165) is 19.1 Å². The lowest BCUT2D eigenvalue weighted by Gasteiger charge is -2.25. The smallest absolute Gasteiger partial charge is 0.125 e. The summed E-state index contributed by atoms with van der Waals surface area (Å²) < 4.78 is 12.9. The van der Waals surface area contributed by atoms with E-state index in [1.165, 1.54) is 0 Å². The van der Waals surface area contributed by atoms with E-state index >= 15 is 0 Å². The minimum absolute atomic E-state index is 0.309. The Morgan fingerprint density at radius 2 is 2.20 bits per heavy atom. The molecule has 2 heteroatoms. The minimum atomic E-state index is -0.874. The van der Waals surface area contributed by atoms with Crippen LogP contribution < -0.4 is 0 Å². The maximum atomic E-state index is 12.9. The highest BCUT2D eigenvalue weighted by atomic mass is 19.1. The van der Waals surface area contributed by atoms with Crippen molar-refractivity contribution in [3.8, 4) is 0 Å². The highest BCUT2D eigenvalue weighted by molar-refractivity contribution is 5.54. The van der Waals surface area contributed by atoms with E-state index in [4.69, 9.17) is 0 Å². The molecule has 0 aromatic carbocycles. The first-order valence-electron chi connectivity index (χ1n) is 3.83. The van der Waals surface area contributed by atoms with Crippen LogP contribution in [0.2, 0.25) is 0 Å². The highest BCUT2D eigenvalue weighted by Crippen LogP contribution is 2.29. The maximum Gasteiger partial charge on any atom is 0.125 e. The summed E-state index contributed by atoms with van der Waals surface area (Å²) in [5.74, 6) is 0.155. The van der Waals surface area contributed by atoms with Crippen molar-refractivity contribution in [2.75, 3.05) is 0 Å². The summed E-state index contributed by atoms with van der Waals surface area (Å²) in [5.41, 5.74) is 0. The van der Waals surface area contributed by atoms with E-state index < -0.39 is 6.17 Å². The summed E-state index contributed by atoms with van der Waals surface area (Å²) in [6, 6.07) is 0. The molecular formula is C8H13FO. The SMILES string of the molecule is CC1CCC(C=O)C(F)C1. The van der Waals surface area contributed by atoms with Crippen molar-refractivity contribution in [2.45, 2.75) is 32.4 Å². The van der Waals surface area contributed by atoms with Crippen molar-refractivity contribution in [1.29, 1.82) is 0 Å². The second kappa shape index (κ2) is 3.13. The Morgan fingerprint density at radius 3 is 2.70 bits per heavy atom. The average Bonchev–Trinajstić information content (AvgIpc) is 1.88. The van der Waals surface area contributed by atoms with Crippen LogP contribution in [0.15, 0.2) is 0 Å². The van der Waals surface area contributed by atoms with Gasteiger partial charge in [0.05, 0.1) is 0 Å². The first-order chi connectivity index (χ1) is 4.74. The quantitative estimate of drug-likeness (QED) is 0.514. The molecule has 0 bridgehead atoms. The molecule has 0 aromatic heterocycles. The Morgan fingerprint density at radius 1 is 1.50 bits per heavy atom. The zero-order chi connectivity index (χ0) is 7.56. The number of carbonyl (C=O) groups is 1. The second-order valence-electron chi connectivity index (χ2n) is 3.23.